The summed E-state index contributed by atoms with van der Waals surface area (Å²) in [5, 5.41) is 0. The summed E-state index contributed by atoms with van der Waals surface area (Å²) in [5.74, 6) is -8.96. The molecule has 0 saturated heterocycles. The zero-order valence-corrected chi connectivity index (χ0v) is 11.4. The van der Waals surface area contributed by atoms with Crippen LogP contribution in [0.15, 0.2) is 12.1 Å². The van der Waals surface area contributed by atoms with E-state index in [0.29, 0.717) is 13.3 Å². The highest BCUT2D eigenvalue weighted by molar-refractivity contribution is 6.68. The van der Waals surface area contributed by atoms with Crippen LogP contribution in [0.4, 0.5) is 26.3 Å². The van der Waals surface area contributed by atoms with Crippen LogP contribution in [0.5, 0.6) is 5.75 Å². The van der Waals surface area contributed by atoms with E-state index in [4.69, 9.17) is 0 Å². The van der Waals surface area contributed by atoms with Gasteiger partial charge in [0.25, 0.3) is 0 Å². The molecule has 0 bridgehead atoms. The Morgan fingerprint density at radius 3 is 1.95 bits per heavy atom. The van der Waals surface area contributed by atoms with Gasteiger partial charge in [-0.3, -0.25) is 0 Å². The number of halogens is 6. The number of methoxy groups -OCH3 is 1. The smallest absolute Gasteiger partial charge is 0.204 e. The van der Waals surface area contributed by atoms with Crippen molar-refractivity contribution in [2.75, 3.05) is 7.11 Å². The molecule has 2 aromatic carbocycles. The Morgan fingerprint density at radius 2 is 1.36 bits per heavy atom. The maximum absolute atomic E-state index is 14.0. The van der Waals surface area contributed by atoms with Crippen molar-refractivity contribution in [3.8, 4) is 5.75 Å². The van der Waals surface area contributed by atoms with Gasteiger partial charge < -0.3 is 4.74 Å². The van der Waals surface area contributed by atoms with Crippen LogP contribution >= 0.6 is 0 Å². The van der Waals surface area contributed by atoms with E-state index in [1.54, 1.807) is 0 Å². The number of ether oxygens (including phenoxy) is 1. The Labute approximate surface area is 122 Å². The molecule has 1 nitrogen and oxygen atoms in total. The lowest BCUT2D eigenvalue weighted by Crippen LogP contribution is -2.37. The van der Waals surface area contributed by atoms with E-state index in [-0.39, 0.29) is 6.07 Å². The standard InChI is InChI=1S/C14H8BF6O/c1-5-10(6(16)3-7(17)12(5)19)15-11-13(20)8(18)4-9(22-2)14(11)21/h3-4H,1-2H3. The highest BCUT2D eigenvalue weighted by atomic mass is 19.2. The second-order valence-corrected chi connectivity index (χ2v) is 4.44. The van der Waals surface area contributed by atoms with E-state index in [1.807, 2.05) is 0 Å². The van der Waals surface area contributed by atoms with E-state index < -0.39 is 57.1 Å². The first-order valence-electron chi connectivity index (χ1n) is 5.98. The normalized spacial score (nSPS) is 10.7. The molecule has 115 valence electrons. The molecule has 0 spiro atoms. The minimum absolute atomic E-state index is 0.237. The predicted octanol–water partition coefficient (Wildman–Crippen LogP) is 2.49. The van der Waals surface area contributed by atoms with E-state index >= 15 is 0 Å². The highest BCUT2D eigenvalue weighted by Crippen LogP contribution is 2.19. The summed E-state index contributed by atoms with van der Waals surface area (Å²) in [4.78, 5) is 0. The first-order valence-corrected chi connectivity index (χ1v) is 5.98. The molecule has 0 aliphatic rings. The molecule has 2 aromatic rings. The van der Waals surface area contributed by atoms with Gasteiger partial charge in [0.1, 0.15) is 5.82 Å². The molecular formula is C14H8BF6O. The third-order valence-corrected chi connectivity index (χ3v) is 3.12. The van der Waals surface area contributed by atoms with E-state index in [2.05, 4.69) is 4.74 Å². The van der Waals surface area contributed by atoms with Gasteiger partial charge in [-0.15, -0.1) is 0 Å². The number of hydrogen-bond donors (Lipinski definition) is 0. The van der Waals surface area contributed by atoms with Gasteiger partial charge in [-0.2, -0.15) is 0 Å². The molecule has 0 fully saturated rings. The Kier molecular flexibility index (Phi) is 4.39. The summed E-state index contributed by atoms with van der Waals surface area (Å²) < 4.78 is 85.8. The summed E-state index contributed by atoms with van der Waals surface area (Å²) in [6.07, 6.45) is 0. The largest absolute Gasteiger partial charge is 0.494 e. The highest BCUT2D eigenvalue weighted by Gasteiger charge is 2.24. The van der Waals surface area contributed by atoms with Crippen LogP contribution < -0.4 is 15.7 Å². The molecule has 0 aliphatic carbocycles. The Bertz CT molecular complexity index is 747. The quantitative estimate of drug-likeness (QED) is 0.480. The van der Waals surface area contributed by atoms with Crippen LogP contribution in [0, 0.1) is 41.8 Å². The van der Waals surface area contributed by atoms with Crippen LogP contribution in [0.3, 0.4) is 0 Å². The maximum atomic E-state index is 14.0. The number of hydrogen-bond acceptors (Lipinski definition) is 1. The molecule has 1 radical (unpaired) electrons. The lowest BCUT2D eigenvalue weighted by Gasteiger charge is -2.12. The van der Waals surface area contributed by atoms with Crippen molar-refractivity contribution in [3.63, 3.8) is 0 Å². The summed E-state index contributed by atoms with van der Waals surface area (Å²) in [6, 6.07) is 0.719. The SMILES string of the molecule is COc1cc(F)c(F)c([B]c2c(F)cc(F)c(F)c2C)c1F. The molecule has 0 unspecified atom stereocenters. The first-order chi connectivity index (χ1) is 10.3. The number of benzene rings is 2. The van der Waals surface area contributed by atoms with Crippen LogP contribution in [0.2, 0.25) is 0 Å². The predicted molar refractivity (Wildman–Crippen MR) is 68.9 cm³/mol. The molecule has 2 rings (SSSR count). The summed E-state index contributed by atoms with van der Waals surface area (Å²) in [6.45, 7) is 1.03. The third-order valence-electron chi connectivity index (χ3n) is 3.12. The van der Waals surface area contributed by atoms with Crippen LogP contribution in [0.25, 0.3) is 0 Å². The van der Waals surface area contributed by atoms with E-state index in [0.717, 1.165) is 14.0 Å². The minimum atomic E-state index is -1.60. The van der Waals surface area contributed by atoms with Crippen molar-refractivity contribution in [1.82, 2.24) is 0 Å². The summed E-state index contributed by atoms with van der Waals surface area (Å²) in [7, 11) is 1.59. The molecule has 0 aliphatic heterocycles. The van der Waals surface area contributed by atoms with Gasteiger partial charge in [0, 0.05) is 12.1 Å². The third kappa shape index (κ3) is 2.65. The fourth-order valence-corrected chi connectivity index (χ4v) is 1.93. The van der Waals surface area contributed by atoms with Gasteiger partial charge in [-0.1, -0.05) is 0 Å². The topological polar surface area (TPSA) is 9.23 Å². The second-order valence-electron chi connectivity index (χ2n) is 4.44. The van der Waals surface area contributed by atoms with Crippen molar-refractivity contribution in [2.24, 2.45) is 0 Å². The Morgan fingerprint density at radius 1 is 0.773 bits per heavy atom. The molecule has 0 saturated carbocycles. The van der Waals surface area contributed by atoms with Crippen molar-refractivity contribution in [3.05, 3.63) is 52.6 Å². The van der Waals surface area contributed by atoms with Gasteiger partial charge in [-0.25, -0.2) is 26.3 Å². The minimum Gasteiger partial charge on any atom is -0.494 e. The van der Waals surface area contributed by atoms with Crippen molar-refractivity contribution in [1.29, 1.82) is 0 Å². The molecule has 0 atom stereocenters. The van der Waals surface area contributed by atoms with Crippen molar-refractivity contribution in [2.45, 2.75) is 6.92 Å². The fourth-order valence-electron chi connectivity index (χ4n) is 1.93. The lowest BCUT2D eigenvalue weighted by molar-refractivity contribution is 0.379. The average molecular weight is 317 g/mol. The molecule has 0 amide bonds. The first kappa shape index (κ1) is 16.3. The van der Waals surface area contributed by atoms with Gasteiger partial charge in [0.05, 0.1) is 7.11 Å². The molecular weight excluding hydrogens is 309 g/mol. The zero-order chi connectivity index (χ0) is 16.6. The molecule has 22 heavy (non-hydrogen) atoms. The van der Waals surface area contributed by atoms with Crippen LogP contribution in [-0.2, 0) is 0 Å². The maximum Gasteiger partial charge on any atom is 0.204 e. The van der Waals surface area contributed by atoms with Gasteiger partial charge in [0.2, 0.25) is 7.28 Å². The van der Waals surface area contributed by atoms with Gasteiger partial charge in [-0.05, 0) is 23.4 Å². The molecule has 8 heteroatoms. The fraction of sp³-hybridized carbons (Fsp3) is 0.143. The average Bonchev–Trinajstić information content (AvgIpc) is 2.48. The van der Waals surface area contributed by atoms with Crippen molar-refractivity contribution >= 4 is 18.2 Å². The second kappa shape index (κ2) is 5.94. The zero-order valence-electron chi connectivity index (χ0n) is 11.4. The monoisotopic (exact) mass is 317 g/mol. The Hall–Kier alpha value is -2.12. The Balaban J connectivity index is 2.62. The summed E-state index contributed by atoms with van der Waals surface area (Å²) in [5.41, 5.74) is -2.05. The molecule has 0 heterocycles. The lowest BCUT2D eigenvalue weighted by atomic mass is 9.61. The van der Waals surface area contributed by atoms with Gasteiger partial charge in [0.15, 0.2) is 34.8 Å². The molecule has 0 N–H and O–H groups in total. The number of rotatable bonds is 3. The van der Waals surface area contributed by atoms with E-state index in [9.17, 15) is 26.3 Å². The van der Waals surface area contributed by atoms with Crippen molar-refractivity contribution < 1.29 is 31.1 Å². The van der Waals surface area contributed by atoms with Gasteiger partial charge >= 0.3 is 0 Å². The molecule has 0 aromatic heterocycles. The van der Waals surface area contributed by atoms with Crippen LogP contribution in [0.1, 0.15) is 5.56 Å². The summed E-state index contributed by atoms with van der Waals surface area (Å²) >= 11 is 0. The van der Waals surface area contributed by atoms with Crippen LogP contribution in [-0.4, -0.2) is 14.4 Å². The van der Waals surface area contributed by atoms with E-state index in [1.165, 1.54) is 0 Å².